The lowest BCUT2D eigenvalue weighted by Crippen LogP contribution is -2.26. The molecule has 0 atom stereocenters. The van der Waals surface area contributed by atoms with Crippen molar-refractivity contribution < 1.29 is 9.53 Å². The number of carbonyl (C=O) groups excluding carboxylic acids is 1. The summed E-state index contributed by atoms with van der Waals surface area (Å²) in [5.41, 5.74) is 2.45. The van der Waals surface area contributed by atoms with Gasteiger partial charge in [0, 0.05) is 25.4 Å². The number of para-hydroxylation sites is 3. The van der Waals surface area contributed by atoms with Gasteiger partial charge in [-0.05, 0) is 36.4 Å². The average Bonchev–Trinajstić information content (AvgIpc) is 3.23. The molecule has 0 fully saturated rings. The Morgan fingerprint density at radius 1 is 0.931 bits per heavy atom. The minimum atomic E-state index is -0.107. The van der Waals surface area contributed by atoms with Gasteiger partial charge >= 0.3 is 0 Å². The van der Waals surface area contributed by atoms with Gasteiger partial charge in [-0.3, -0.25) is 4.79 Å². The van der Waals surface area contributed by atoms with Crippen LogP contribution in [-0.4, -0.2) is 27.6 Å². The Hall–Kier alpha value is -3.86. The first-order valence-electron chi connectivity index (χ1n) is 9.37. The number of rotatable bonds is 6. The van der Waals surface area contributed by atoms with E-state index in [1.54, 1.807) is 28.9 Å². The lowest BCUT2D eigenvalue weighted by molar-refractivity contribution is 0.0782. The molecule has 4 rings (SSSR count). The topological polar surface area (TPSA) is 47.4 Å². The van der Waals surface area contributed by atoms with Crippen LogP contribution in [0.2, 0.25) is 0 Å². The molecule has 4 aromatic rings. The maximum absolute atomic E-state index is 13.1. The zero-order valence-electron chi connectivity index (χ0n) is 16.1. The molecular formula is C24H21N3O2. The third-order valence-corrected chi connectivity index (χ3v) is 4.51. The molecule has 0 unspecified atom stereocenters. The Morgan fingerprint density at radius 2 is 1.59 bits per heavy atom. The molecule has 0 spiro atoms. The van der Waals surface area contributed by atoms with E-state index in [0.717, 1.165) is 11.3 Å². The van der Waals surface area contributed by atoms with Crippen molar-refractivity contribution in [2.45, 2.75) is 6.54 Å². The zero-order valence-corrected chi connectivity index (χ0v) is 16.1. The summed E-state index contributed by atoms with van der Waals surface area (Å²) >= 11 is 0. The fourth-order valence-electron chi connectivity index (χ4n) is 3.06. The van der Waals surface area contributed by atoms with Gasteiger partial charge in [0.25, 0.3) is 5.91 Å². The van der Waals surface area contributed by atoms with E-state index in [1.807, 2.05) is 85.1 Å². The first kappa shape index (κ1) is 18.5. The van der Waals surface area contributed by atoms with E-state index in [-0.39, 0.29) is 5.91 Å². The molecule has 5 nitrogen and oxygen atoms in total. The van der Waals surface area contributed by atoms with Gasteiger partial charge in [0.2, 0.25) is 0 Å². The summed E-state index contributed by atoms with van der Waals surface area (Å²) in [6, 6.07) is 26.6. The monoisotopic (exact) mass is 383 g/mol. The van der Waals surface area contributed by atoms with E-state index in [4.69, 9.17) is 4.74 Å². The Kier molecular flexibility index (Phi) is 5.38. The highest BCUT2D eigenvalue weighted by atomic mass is 16.5. The summed E-state index contributed by atoms with van der Waals surface area (Å²) in [5.74, 6) is 1.12. The van der Waals surface area contributed by atoms with Crippen molar-refractivity contribution in [3.63, 3.8) is 0 Å². The van der Waals surface area contributed by atoms with Crippen molar-refractivity contribution in [1.29, 1.82) is 0 Å². The third kappa shape index (κ3) is 4.35. The number of ether oxygens (including phenoxy) is 1. The van der Waals surface area contributed by atoms with Crippen LogP contribution in [0.5, 0.6) is 11.5 Å². The molecule has 3 aromatic carbocycles. The van der Waals surface area contributed by atoms with E-state index in [9.17, 15) is 4.79 Å². The molecule has 0 saturated heterocycles. The molecule has 0 radical (unpaired) electrons. The molecule has 5 heteroatoms. The second-order valence-electron chi connectivity index (χ2n) is 6.70. The molecule has 0 bridgehead atoms. The van der Waals surface area contributed by atoms with Gasteiger partial charge in [0.05, 0.1) is 17.4 Å². The highest BCUT2D eigenvalue weighted by molar-refractivity contribution is 5.96. The van der Waals surface area contributed by atoms with Crippen LogP contribution in [0.4, 0.5) is 0 Å². The van der Waals surface area contributed by atoms with E-state index in [2.05, 4.69) is 5.10 Å². The van der Waals surface area contributed by atoms with E-state index in [1.165, 1.54) is 0 Å². The normalized spacial score (nSPS) is 10.5. The maximum atomic E-state index is 13.1. The molecule has 1 amide bonds. The minimum Gasteiger partial charge on any atom is -0.457 e. The summed E-state index contributed by atoms with van der Waals surface area (Å²) in [6.45, 7) is 0.450. The van der Waals surface area contributed by atoms with Crippen LogP contribution in [0, 0.1) is 0 Å². The predicted octanol–water partition coefficient (Wildman–Crippen LogP) is 4.94. The van der Waals surface area contributed by atoms with Crippen LogP contribution in [0.3, 0.4) is 0 Å². The van der Waals surface area contributed by atoms with Crippen LogP contribution >= 0.6 is 0 Å². The number of nitrogens with zero attached hydrogens (tertiary/aromatic N) is 3. The van der Waals surface area contributed by atoms with Crippen molar-refractivity contribution in [1.82, 2.24) is 14.7 Å². The Labute approximate surface area is 169 Å². The molecular weight excluding hydrogens is 362 g/mol. The molecule has 0 saturated carbocycles. The van der Waals surface area contributed by atoms with Crippen molar-refractivity contribution in [3.8, 4) is 17.2 Å². The minimum absolute atomic E-state index is 0.107. The van der Waals surface area contributed by atoms with Gasteiger partial charge in [-0.1, -0.05) is 48.5 Å². The van der Waals surface area contributed by atoms with Gasteiger partial charge in [-0.2, -0.15) is 5.10 Å². The lowest BCUT2D eigenvalue weighted by Gasteiger charge is -2.18. The second-order valence-corrected chi connectivity index (χ2v) is 6.70. The van der Waals surface area contributed by atoms with Crippen LogP contribution in [0.1, 0.15) is 15.9 Å². The summed E-state index contributed by atoms with van der Waals surface area (Å²) in [4.78, 5) is 14.7. The molecule has 1 aromatic heterocycles. The van der Waals surface area contributed by atoms with Gasteiger partial charge in [0.1, 0.15) is 11.5 Å². The van der Waals surface area contributed by atoms with Gasteiger partial charge < -0.3 is 9.64 Å². The SMILES string of the molecule is CN(Cc1cnn(-c2ccccc2)c1)C(=O)c1ccccc1Oc1ccccc1. The van der Waals surface area contributed by atoms with Gasteiger partial charge in [0.15, 0.2) is 0 Å². The average molecular weight is 383 g/mol. The fraction of sp³-hybridized carbons (Fsp3) is 0.0833. The summed E-state index contributed by atoms with van der Waals surface area (Å²) in [7, 11) is 1.78. The number of hydrogen-bond donors (Lipinski definition) is 0. The Bertz CT molecular complexity index is 1090. The van der Waals surface area contributed by atoms with E-state index >= 15 is 0 Å². The van der Waals surface area contributed by atoms with Gasteiger partial charge in [-0.15, -0.1) is 0 Å². The van der Waals surface area contributed by atoms with Crippen molar-refractivity contribution >= 4 is 5.91 Å². The zero-order chi connectivity index (χ0) is 20.1. The van der Waals surface area contributed by atoms with Crippen molar-refractivity contribution in [3.05, 3.63) is 108 Å². The summed E-state index contributed by atoms with van der Waals surface area (Å²) in [5, 5.41) is 4.40. The van der Waals surface area contributed by atoms with Gasteiger partial charge in [-0.25, -0.2) is 4.68 Å². The highest BCUT2D eigenvalue weighted by Gasteiger charge is 2.18. The fourth-order valence-corrected chi connectivity index (χ4v) is 3.06. The molecule has 144 valence electrons. The predicted molar refractivity (Wildman–Crippen MR) is 112 cm³/mol. The summed E-state index contributed by atoms with van der Waals surface area (Å²) < 4.78 is 7.73. The standard InChI is InChI=1S/C24H21N3O2/c1-26(17-19-16-25-27(18-19)20-10-4-2-5-11-20)24(28)22-14-8-9-15-23(22)29-21-12-6-3-7-13-21/h2-16,18H,17H2,1H3. The summed E-state index contributed by atoms with van der Waals surface area (Å²) in [6.07, 6.45) is 3.72. The van der Waals surface area contributed by atoms with Crippen LogP contribution in [-0.2, 0) is 6.54 Å². The number of benzene rings is 3. The first-order chi connectivity index (χ1) is 14.2. The van der Waals surface area contributed by atoms with Crippen molar-refractivity contribution in [2.24, 2.45) is 0 Å². The van der Waals surface area contributed by atoms with Crippen LogP contribution in [0.25, 0.3) is 5.69 Å². The van der Waals surface area contributed by atoms with Crippen LogP contribution < -0.4 is 4.74 Å². The lowest BCUT2D eigenvalue weighted by atomic mass is 10.1. The Morgan fingerprint density at radius 3 is 2.34 bits per heavy atom. The van der Waals surface area contributed by atoms with Crippen molar-refractivity contribution in [2.75, 3.05) is 7.05 Å². The molecule has 0 aliphatic rings. The third-order valence-electron chi connectivity index (χ3n) is 4.51. The molecule has 0 aliphatic heterocycles. The highest BCUT2D eigenvalue weighted by Crippen LogP contribution is 2.26. The molecule has 29 heavy (non-hydrogen) atoms. The number of carbonyl (C=O) groups is 1. The smallest absolute Gasteiger partial charge is 0.257 e. The Balaban J connectivity index is 1.50. The molecule has 0 aliphatic carbocycles. The number of amides is 1. The van der Waals surface area contributed by atoms with Crippen LogP contribution in [0.15, 0.2) is 97.3 Å². The largest absolute Gasteiger partial charge is 0.457 e. The maximum Gasteiger partial charge on any atom is 0.257 e. The van der Waals surface area contributed by atoms with E-state index in [0.29, 0.717) is 23.6 Å². The van der Waals surface area contributed by atoms with E-state index < -0.39 is 0 Å². The number of hydrogen-bond acceptors (Lipinski definition) is 3. The first-order valence-corrected chi connectivity index (χ1v) is 9.37. The number of aromatic nitrogens is 2. The molecule has 0 N–H and O–H groups in total. The second kappa shape index (κ2) is 8.44. The molecule has 1 heterocycles. The quantitative estimate of drug-likeness (QED) is 0.474.